The van der Waals surface area contributed by atoms with Crippen molar-refractivity contribution in [3.05, 3.63) is 59.7 Å². The molecule has 5 N–H and O–H groups in total. The third-order valence-corrected chi connectivity index (χ3v) is 4.48. The molecule has 0 radical (unpaired) electrons. The average Bonchev–Trinajstić information content (AvgIpc) is 2.65. The van der Waals surface area contributed by atoms with Gasteiger partial charge in [-0.1, -0.05) is 24.3 Å². The van der Waals surface area contributed by atoms with Crippen molar-refractivity contribution >= 4 is 40.9 Å². The molecule has 0 bridgehead atoms. The number of carboxylic acid groups (broad SMARTS) is 1. The van der Waals surface area contributed by atoms with E-state index in [9.17, 15) is 19.5 Å². The minimum absolute atomic E-state index is 0.177. The van der Waals surface area contributed by atoms with E-state index in [1.807, 2.05) is 6.26 Å². The SMILES string of the molecule is CSCCC(NC(=O)c1ccccc1NC(=O)c1ccccc1N)C(=O)O. The van der Waals surface area contributed by atoms with Crippen LogP contribution in [-0.4, -0.2) is 40.9 Å². The largest absolute Gasteiger partial charge is 0.480 e. The van der Waals surface area contributed by atoms with E-state index in [0.29, 0.717) is 17.9 Å². The van der Waals surface area contributed by atoms with E-state index in [1.54, 1.807) is 42.5 Å². The zero-order chi connectivity index (χ0) is 19.8. The normalized spacial score (nSPS) is 11.4. The van der Waals surface area contributed by atoms with Crippen molar-refractivity contribution in [3.8, 4) is 0 Å². The molecule has 0 aliphatic carbocycles. The fourth-order valence-electron chi connectivity index (χ4n) is 2.41. The van der Waals surface area contributed by atoms with Crippen molar-refractivity contribution in [1.82, 2.24) is 5.32 Å². The van der Waals surface area contributed by atoms with Crippen molar-refractivity contribution in [2.75, 3.05) is 23.1 Å². The minimum atomic E-state index is -1.10. The third kappa shape index (κ3) is 5.49. The maximum Gasteiger partial charge on any atom is 0.326 e. The Hall–Kier alpha value is -3.00. The number of thioether (sulfide) groups is 1. The van der Waals surface area contributed by atoms with Gasteiger partial charge in [-0.25, -0.2) is 4.79 Å². The summed E-state index contributed by atoms with van der Waals surface area (Å²) < 4.78 is 0. The number of aliphatic carboxylic acids is 1. The first-order valence-corrected chi connectivity index (χ1v) is 9.61. The van der Waals surface area contributed by atoms with Crippen LogP contribution in [0.4, 0.5) is 11.4 Å². The van der Waals surface area contributed by atoms with Gasteiger partial charge in [-0.05, 0) is 42.7 Å². The van der Waals surface area contributed by atoms with Crippen LogP contribution in [0.25, 0.3) is 0 Å². The zero-order valence-electron chi connectivity index (χ0n) is 14.8. The molecule has 2 aromatic carbocycles. The van der Waals surface area contributed by atoms with Crippen LogP contribution in [0.2, 0.25) is 0 Å². The second-order valence-corrected chi connectivity index (χ2v) is 6.72. The van der Waals surface area contributed by atoms with E-state index in [1.165, 1.54) is 17.8 Å². The van der Waals surface area contributed by atoms with Crippen molar-refractivity contribution in [1.29, 1.82) is 0 Å². The van der Waals surface area contributed by atoms with E-state index in [0.717, 1.165) is 0 Å². The van der Waals surface area contributed by atoms with Gasteiger partial charge in [-0.15, -0.1) is 0 Å². The molecule has 2 aromatic rings. The number of carbonyl (C=O) groups excluding carboxylic acids is 2. The summed E-state index contributed by atoms with van der Waals surface area (Å²) in [4.78, 5) is 36.4. The summed E-state index contributed by atoms with van der Waals surface area (Å²) in [6.45, 7) is 0. The van der Waals surface area contributed by atoms with Gasteiger partial charge in [-0.2, -0.15) is 11.8 Å². The number of hydrogen-bond donors (Lipinski definition) is 4. The predicted molar refractivity (Wildman–Crippen MR) is 107 cm³/mol. The Labute approximate surface area is 161 Å². The molecular formula is C19H21N3O4S. The molecule has 2 amide bonds. The Morgan fingerprint density at radius 3 is 2.30 bits per heavy atom. The van der Waals surface area contributed by atoms with Crippen LogP contribution in [0, 0.1) is 0 Å². The van der Waals surface area contributed by atoms with Gasteiger partial charge in [0.05, 0.1) is 16.8 Å². The highest BCUT2D eigenvalue weighted by Gasteiger charge is 2.22. The Bertz CT molecular complexity index is 841. The second-order valence-electron chi connectivity index (χ2n) is 5.73. The van der Waals surface area contributed by atoms with E-state index in [-0.39, 0.29) is 16.8 Å². The molecule has 142 valence electrons. The molecule has 0 aliphatic heterocycles. The fourth-order valence-corrected chi connectivity index (χ4v) is 2.88. The maximum atomic E-state index is 12.6. The molecule has 8 heteroatoms. The van der Waals surface area contributed by atoms with Crippen LogP contribution in [0.5, 0.6) is 0 Å². The summed E-state index contributed by atoms with van der Waals surface area (Å²) in [6.07, 6.45) is 2.16. The zero-order valence-corrected chi connectivity index (χ0v) is 15.6. The Kier molecular flexibility index (Phi) is 7.25. The quantitative estimate of drug-likeness (QED) is 0.516. The van der Waals surface area contributed by atoms with Gasteiger partial charge in [0.15, 0.2) is 0 Å². The number of rotatable bonds is 8. The molecule has 0 aliphatic rings. The number of amides is 2. The monoisotopic (exact) mass is 387 g/mol. The molecule has 27 heavy (non-hydrogen) atoms. The van der Waals surface area contributed by atoms with Gasteiger partial charge in [-0.3, -0.25) is 9.59 Å². The molecule has 0 fully saturated rings. The van der Waals surface area contributed by atoms with Crippen LogP contribution < -0.4 is 16.4 Å². The minimum Gasteiger partial charge on any atom is -0.480 e. The molecule has 2 rings (SSSR count). The maximum absolute atomic E-state index is 12.6. The molecule has 0 spiro atoms. The van der Waals surface area contributed by atoms with Crippen molar-refractivity contribution in [3.63, 3.8) is 0 Å². The van der Waals surface area contributed by atoms with Crippen molar-refractivity contribution in [2.24, 2.45) is 0 Å². The van der Waals surface area contributed by atoms with Gasteiger partial charge >= 0.3 is 5.97 Å². The van der Waals surface area contributed by atoms with E-state index >= 15 is 0 Å². The Morgan fingerprint density at radius 1 is 1.04 bits per heavy atom. The summed E-state index contributed by atoms with van der Waals surface area (Å²) in [5, 5.41) is 14.4. The van der Waals surface area contributed by atoms with E-state index < -0.39 is 23.8 Å². The lowest BCUT2D eigenvalue weighted by Gasteiger charge is -2.16. The number of carbonyl (C=O) groups is 3. The molecule has 1 atom stereocenters. The third-order valence-electron chi connectivity index (χ3n) is 3.84. The first kappa shape index (κ1) is 20.3. The highest BCUT2D eigenvalue weighted by atomic mass is 32.2. The number of nitrogens with one attached hydrogen (secondary N) is 2. The van der Waals surface area contributed by atoms with Gasteiger partial charge in [0.2, 0.25) is 0 Å². The number of carboxylic acids is 1. The highest BCUT2D eigenvalue weighted by molar-refractivity contribution is 7.98. The summed E-state index contributed by atoms with van der Waals surface area (Å²) in [7, 11) is 0. The number of hydrogen-bond acceptors (Lipinski definition) is 5. The average molecular weight is 387 g/mol. The van der Waals surface area contributed by atoms with Gasteiger partial charge in [0, 0.05) is 5.69 Å². The molecule has 0 saturated carbocycles. The van der Waals surface area contributed by atoms with Crippen LogP contribution in [0.15, 0.2) is 48.5 Å². The smallest absolute Gasteiger partial charge is 0.326 e. The highest BCUT2D eigenvalue weighted by Crippen LogP contribution is 2.19. The molecule has 0 heterocycles. The van der Waals surface area contributed by atoms with Crippen molar-refractivity contribution < 1.29 is 19.5 Å². The Morgan fingerprint density at radius 2 is 1.67 bits per heavy atom. The van der Waals surface area contributed by atoms with E-state index in [2.05, 4.69) is 10.6 Å². The molecule has 7 nitrogen and oxygen atoms in total. The molecule has 1 unspecified atom stereocenters. The summed E-state index contributed by atoms with van der Waals surface area (Å²) in [6, 6.07) is 12.0. The van der Waals surface area contributed by atoms with Crippen LogP contribution >= 0.6 is 11.8 Å². The Balaban J connectivity index is 2.19. The van der Waals surface area contributed by atoms with Crippen LogP contribution in [-0.2, 0) is 4.79 Å². The first-order chi connectivity index (χ1) is 12.9. The molecule has 0 aromatic heterocycles. The summed E-state index contributed by atoms with van der Waals surface area (Å²) in [5.74, 6) is -1.52. The first-order valence-electron chi connectivity index (χ1n) is 8.21. The van der Waals surface area contributed by atoms with Gasteiger partial charge in [0.25, 0.3) is 11.8 Å². The van der Waals surface area contributed by atoms with Gasteiger partial charge < -0.3 is 21.5 Å². The van der Waals surface area contributed by atoms with E-state index in [4.69, 9.17) is 5.73 Å². The second kappa shape index (κ2) is 9.63. The number of benzene rings is 2. The molecule has 0 saturated heterocycles. The van der Waals surface area contributed by atoms with Gasteiger partial charge in [0.1, 0.15) is 6.04 Å². The van der Waals surface area contributed by atoms with Crippen LogP contribution in [0.3, 0.4) is 0 Å². The lowest BCUT2D eigenvalue weighted by molar-refractivity contribution is -0.139. The number of para-hydroxylation sites is 2. The number of nitrogens with two attached hydrogens (primary N) is 1. The van der Waals surface area contributed by atoms with Crippen molar-refractivity contribution in [2.45, 2.75) is 12.5 Å². The fraction of sp³-hybridized carbons (Fsp3) is 0.211. The number of nitrogen functional groups attached to an aromatic ring is 1. The summed E-state index contributed by atoms with van der Waals surface area (Å²) >= 11 is 1.50. The lowest BCUT2D eigenvalue weighted by Crippen LogP contribution is -2.41. The van der Waals surface area contributed by atoms with Crippen LogP contribution in [0.1, 0.15) is 27.1 Å². The summed E-state index contributed by atoms with van der Waals surface area (Å²) in [5.41, 5.74) is 6.87. The molecular weight excluding hydrogens is 366 g/mol. The lowest BCUT2D eigenvalue weighted by atomic mass is 10.1. The predicted octanol–water partition coefficient (Wildman–Crippen LogP) is 2.46. The topological polar surface area (TPSA) is 122 Å². The number of anilines is 2. The standard InChI is InChI=1S/C19H21N3O4S/c1-27-11-10-16(19(25)26)22-18(24)13-7-3-5-9-15(13)21-17(23)12-6-2-4-8-14(12)20/h2-9,16H,10-11,20H2,1H3,(H,21,23)(H,22,24)(H,25,26).